The minimum Gasteiger partial charge on any atom is -0.297 e. The lowest BCUT2D eigenvalue weighted by atomic mass is 10.1. The summed E-state index contributed by atoms with van der Waals surface area (Å²) in [5, 5.41) is 0.0821. The summed E-state index contributed by atoms with van der Waals surface area (Å²) >= 11 is 5.81. The molecule has 0 unspecified atom stereocenters. The number of carbonyl (C=O) groups is 4. The Morgan fingerprint density at radius 2 is 1.82 bits per heavy atom. The van der Waals surface area contributed by atoms with Gasteiger partial charge in [-0.2, -0.15) is 0 Å². The van der Waals surface area contributed by atoms with Crippen LogP contribution >= 0.6 is 11.6 Å². The Morgan fingerprint density at radius 1 is 1.18 bits per heavy atom. The van der Waals surface area contributed by atoms with Gasteiger partial charge in [-0.3, -0.25) is 19.3 Å². The number of benzene rings is 1. The number of imide groups is 2. The summed E-state index contributed by atoms with van der Waals surface area (Å²) in [5.74, 6) is -3.27. The first-order chi connectivity index (χ1) is 10.4. The molecule has 8 heteroatoms. The molecule has 22 heavy (non-hydrogen) atoms. The molecule has 1 heterocycles. The zero-order valence-electron chi connectivity index (χ0n) is 11.6. The molecule has 0 radical (unpaired) electrons. The van der Waals surface area contributed by atoms with Crippen LogP contribution in [0.4, 0.5) is 9.18 Å². The topological polar surface area (TPSA) is 74.8 Å². The number of nitrogens with zero attached hydrogens (tertiary/aromatic N) is 2. The van der Waals surface area contributed by atoms with E-state index in [2.05, 4.69) is 0 Å². The van der Waals surface area contributed by atoms with Crippen molar-refractivity contribution in [2.45, 2.75) is 13.3 Å². The first-order valence-electron chi connectivity index (χ1n) is 6.48. The van der Waals surface area contributed by atoms with Crippen molar-refractivity contribution in [3.8, 4) is 0 Å². The second-order valence-corrected chi connectivity index (χ2v) is 5.05. The molecule has 1 aromatic carbocycles. The highest BCUT2D eigenvalue weighted by Gasteiger charge is 2.44. The lowest BCUT2D eigenvalue weighted by Crippen LogP contribution is -2.37. The molecule has 0 N–H and O–H groups in total. The second kappa shape index (κ2) is 6.23. The fourth-order valence-electron chi connectivity index (χ4n) is 2.10. The average Bonchev–Trinajstić information content (AvgIpc) is 2.67. The van der Waals surface area contributed by atoms with Gasteiger partial charge in [-0.25, -0.2) is 14.1 Å². The SMILES string of the molecule is CCN1C(=O)C(=O)N(CC(=O)Cc2c(F)cccc2Cl)C1=O. The first kappa shape index (κ1) is 16.1. The van der Waals surface area contributed by atoms with Crippen molar-refractivity contribution in [3.05, 3.63) is 34.6 Å². The number of halogens is 2. The monoisotopic (exact) mass is 326 g/mol. The Balaban J connectivity index is 2.11. The number of Topliss-reactive ketones (excluding diaryl/α,β-unsaturated/α-hetero) is 1. The molecule has 1 aliphatic heterocycles. The average molecular weight is 327 g/mol. The molecule has 1 fully saturated rings. The maximum Gasteiger partial charge on any atom is 0.334 e. The third-order valence-electron chi connectivity index (χ3n) is 3.22. The van der Waals surface area contributed by atoms with E-state index in [0.717, 1.165) is 11.0 Å². The molecule has 1 aliphatic rings. The van der Waals surface area contributed by atoms with Crippen LogP contribution in [-0.4, -0.2) is 46.5 Å². The first-order valence-corrected chi connectivity index (χ1v) is 6.86. The van der Waals surface area contributed by atoms with Crippen LogP contribution in [0.5, 0.6) is 0 Å². The van der Waals surface area contributed by atoms with E-state index in [1.54, 1.807) is 0 Å². The van der Waals surface area contributed by atoms with Crippen molar-refractivity contribution in [3.63, 3.8) is 0 Å². The second-order valence-electron chi connectivity index (χ2n) is 4.64. The molecule has 0 bridgehead atoms. The van der Waals surface area contributed by atoms with Crippen molar-refractivity contribution >= 4 is 35.2 Å². The summed E-state index contributed by atoms with van der Waals surface area (Å²) in [6.45, 7) is 0.978. The van der Waals surface area contributed by atoms with Crippen molar-refractivity contribution in [2.24, 2.45) is 0 Å². The van der Waals surface area contributed by atoms with E-state index in [4.69, 9.17) is 11.6 Å². The van der Waals surface area contributed by atoms with Gasteiger partial charge in [0.15, 0.2) is 5.78 Å². The lowest BCUT2D eigenvalue weighted by molar-refractivity contribution is -0.143. The van der Waals surface area contributed by atoms with Crippen LogP contribution in [0.25, 0.3) is 0 Å². The van der Waals surface area contributed by atoms with Gasteiger partial charge in [-0.1, -0.05) is 17.7 Å². The normalized spacial score (nSPS) is 15.0. The molecular weight excluding hydrogens is 315 g/mol. The Labute approximate surface area is 130 Å². The van der Waals surface area contributed by atoms with E-state index in [1.165, 1.54) is 19.1 Å². The number of amides is 4. The van der Waals surface area contributed by atoms with Gasteiger partial charge in [-0.15, -0.1) is 0 Å². The summed E-state index contributed by atoms with van der Waals surface area (Å²) in [7, 11) is 0. The molecule has 1 aromatic rings. The van der Waals surface area contributed by atoms with Crippen molar-refractivity contribution in [1.82, 2.24) is 9.80 Å². The van der Waals surface area contributed by atoms with E-state index in [9.17, 15) is 23.6 Å². The lowest BCUT2D eigenvalue weighted by Gasteiger charge is -2.13. The predicted molar refractivity (Wildman–Crippen MR) is 74.6 cm³/mol. The number of hydrogen-bond acceptors (Lipinski definition) is 4. The van der Waals surface area contributed by atoms with Gasteiger partial charge >= 0.3 is 17.8 Å². The molecule has 6 nitrogen and oxygen atoms in total. The number of likely N-dealkylation sites (N-methyl/N-ethyl adjacent to an activating group) is 1. The van der Waals surface area contributed by atoms with Crippen molar-refractivity contribution in [1.29, 1.82) is 0 Å². The van der Waals surface area contributed by atoms with E-state index >= 15 is 0 Å². The van der Waals surface area contributed by atoms with Gasteiger partial charge < -0.3 is 0 Å². The van der Waals surface area contributed by atoms with Gasteiger partial charge in [0.2, 0.25) is 0 Å². The highest BCUT2D eigenvalue weighted by Crippen LogP contribution is 2.20. The van der Waals surface area contributed by atoms with Crippen LogP contribution in [0, 0.1) is 5.82 Å². The molecule has 1 saturated heterocycles. The largest absolute Gasteiger partial charge is 0.334 e. The molecule has 116 valence electrons. The number of hydrogen-bond donors (Lipinski definition) is 0. The molecule has 0 atom stereocenters. The summed E-state index contributed by atoms with van der Waals surface area (Å²) < 4.78 is 13.6. The fraction of sp³-hybridized carbons (Fsp3) is 0.286. The standard InChI is InChI=1S/C14H12ClFN2O4/c1-2-17-12(20)13(21)18(14(17)22)7-8(19)6-9-10(15)4-3-5-11(9)16/h3-5H,2,6-7H2,1H3. The molecule has 4 amide bonds. The van der Waals surface area contributed by atoms with Crippen LogP contribution in [0.15, 0.2) is 18.2 Å². The van der Waals surface area contributed by atoms with Gasteiger partial charge in [0, 0.05) is 23.6 Å². The summed E-state index contributed by atoms with van der Waals surface area (Å²) in [6, 6.07) is 3.15. The Kier molecular flexibility index (Phi) is 4.56. The summed E-state index contributed by atoms with van der Waals surface area (Å²) in [6.07, 6.45) is -0.372. The molecule has 0 spiro atoms. The van der Waals surface area contributed by atoms with Crippen molar-refractivity contribution in [2.75, 3.05) is 13.1 Å². The van der Waals surface area contributed by atoms with Crippen LogP contribution in [0.3, 0.4) is 0 Å². The summed E-state index contributed by atoms with van der Waals surface area (Å²) in [4.78, 5) is 48.3. The van der Waals surface area contributed by atoms with Crippen LogP contribution < -0.4 is 0 Å². The van der Waals surface area contributed by atoms with Crippen LogP contribution in [0.1, 0.15) is 12.5 Å². The molecule has 0 aliphatic carbocycles. The van der Waals surface area contributed by atoms with E-state index in [1.807, 2.05) is 0 Å². The predicted octanol–water partition coefficient (Wildman–Crippen LogP) is 1.40. The molecule has 0 aromatic heterocycles. The molecule has 2 rings (SSSR count). The van der Waals surface area contributed by atoms with E-state index in [0.29, 0.717) is 4.90 Å². The van der Waals surface area contributed by atoms with Crippen LogP contribution in [0.2, 0.25) is 5.02 Å². The Bertz CT molecular complexity index is 657. The molecule has 0 saturated carbocycles. The van der Waals surface area contributed by atoms with Gasteiger partial charge in [0.25, 0.3) is 0 Å². The van der Waals surface area contributed by atoms with E-state index in [-0.39, 0.29) is 23.6 Å². The van der Waals surface area contributed by atoms with Crippen molar-refractivity contribution < 1.29 is 23.6 Å². The zero-order valence-corrected chi connectivity index (χ0v) is 12.4. The number of carbonyl (C=O) groups excluding carboxylic acids is 4. The Hall–Kier alpha value is -2.28. The van der Waals surface area contributed by atoms with Gasteiger partial charge in [-0.05, 0) is 19.1 Å². The van der Waals surface area contributed by atoms with Crippen LogP contribution in [-0.2, 0) is 20.8 Å². The number of ketones is 1. The minimum atomic E-state index is -1.06. The quantitative estimate of drug-likeness (QED) is 0.605. The highest BCUT2D eigenvalue weighted by molar-refractivity contribution is 6.45. The smallest absolute Gasteiger partial charge is 0.297 e. The summed E-state index contributed by atoms with van der Waals surface area (Å²) in [5.41, 5.74) is -0.00747. The zero-order chi connectivity index (χ0) is 16.4. The molecular formula is C14H12ClFN2O4. The maximum absolute atomic E-state index is 13.6. The number of rotatable bonds is 5. The minimum absolute atomic E-state index is 0.00747. The van der Waals surface area contributed by atoms with E-state index < -0.39 is 36.0 Å². The third kappa shape index (κ3) is 2.85. The Morgan fingerprint density at radius 3 is 2.36 bits per heavy atom. The van der Waals surface area contributed by atoms with Gasteiger partial charge in [0.1, 0.15) is 5.82 Å². The third-order valence-corrected chi connectivity index (χ3v) is 3.58. The number of urea groups is 1. The maximum atomic E-state index is 13.6. The van der Waals surface area contributed by atoms with Gasteiger partial charge in [0.05, 0.1) is 6.54 Å². The highest BCUT2D eigenvalue weighted by atomic mass is 35.5. The fourth-order valence-corrected chi connectivity index (χ4v) is 2.33.